The summed E-state index contributed by atoms with van der Waals surface area (Å²) in [5.41, 5.74) is 0.373. The van der Waals surface area contributed by atoms with Gasteiger partial charge in [-0.05, 0) is 55.5 Å². The second-order valence-electron chi connectivity index (χ2n) is 8.51. The first-order valence-corrected chi connectivity index (χ1v) is 10.3. The molecule has 38 heavy (non-hydrogen) atoms. The summed E-state index contributed by atoms with van der Waals surface area (Å²) in [5.74, 6) is -6.14. The molecule has 0 radical (unpaired) electrons. The standard InChI is InChI=1S/C13H14F4O.C6H7F3O.C4H6F3NO2/c1-8-4-5-9(14)6-10(8)12(2,3)7-11(18)13(15,16)17;1-4(2)3-5(10)6(7,8)9;1-8(10-2)3(9)4(5,6)7/h4-6H,7H2,1-3H3;3H,1-2H3;1-2H3. The number of allylic oxidation sites excluding steroid dienone is 2. The molecule has 0 N–H and O–H groups in total. The molecule has 0 aromatic heterocycles. The molecule has 0 atom stereocenters. The Morgan fingerprint density at radius 1 is 0.895 bits per heavy atom. The van der Waals surface area contributed by atoms with Gasteiger partial charge in [0.2, 0.25) is 5.78 Å². The molecule has 0 bridgehead atoms. The first-order chi connectivity index (χ1) is 16.8. The summed E-state index contributed by atoms with van der Waals surface area (Å²) in [6.07, 6.45) is -14.6. The molecule has 0 heterocycles. The average molecular weight is 571 g/mol. The number of halogens is 10. The molecule has 1 aromatic rings. The number of aryl methyl sites for hydroxylation is 1. The van der Waals surface area contributed by atoms with Crippen molar-refractivity contribution in [1.82, 2.24) is 5.06 Å². The van der Waals surface area contributed by atoms with Gasteiger partial charge >= 0.3 is 24.4 Å². The fourth-order valence-electron chi connectivity index (χ4n) is 2.53. The predicted molar refractivity (Wildman–Crippen MR) is 116 cm³/mol. The highest BCUT2D eigenvalue weighted by molar-refractivity contribution is 5.94. The zero-order chi connectivity index (χ0) is 30.9. The van der Waals surface area contributed by atoms with E-state index in [-0.39, 0.29) is 5.06 Å². The van der Waals surface area contributed by atoms with Gasteiger partial charge in [0.15, 0.2) is 0 Å². The Hall–Kier alpha value is -2.97. The summed E-state index contributed by atoms with van der Waals surface area (Å²) < 4.78 is 118. The monoisotopic (exact) mass is 571 g/mol. The van der Waals surface area contributed by atoms with Gasteiger partial charge in [0, 0.05) is 13.5 Å². The lowest BCUT2D eigenvalue weighted by Crippen LogP contribution is -2.37. The molecule has 1 aromatic carbocycles. The second-order valence-corrected chi connectivity index (χ2v) is 8.51. The van der Waals surface area contributed by atoms with Crippen molar-refractivity contribution >= 4 is 17.5 Å². The molecule has 0 aliphatic rings. The maximum Gasteiger partial charge on any atom is 0.473 e. The number of nitrogens with zero attached hydrogens (tertiary/aromatic N) is 1. The largest absolute Gasteiger partial charge is 0.473 e. The van der Waals surface area contributed by atoms with Crippen LogP contribution in [0.5, 0.6) is 0 Å². The van der Waals surface area contributed by atoms with Gasteiger partial charge in [0.1, 0.15) is 5.82 Å². The van der Waals surface area contributed by atoms with Crippen molar-refractivity contribution in [3.63, 3.8) is 0 Å². The van der Waals surface area contributed by atoms with Crippen LogP contribution in [0.25, 0.3) is 0 Å². The summed E-state index contributed by atoms with van der Waals surface area (Å²) >= 11 is 0. The Bertz CT molecular complexity index is 989. The minimum Gasteiger partial charge on any atom is -0.290 e. The molecule has 0 saturated heterocycles. The fraction of sp³-hybridized carbons (Fsp3) is 0.522. The molecule has 0 spiro atoms. The number of ketones is 2. The smallest absolute Gasteiger partial charge is 0.290 e. The first-order valence-electron chi connectivity index (χ1n) is 10.3. The number of hydrogen-bond acceptors (Lipinski definition) is 4. The van der Waals surface area contributed by atoms with Crippen molar-refractivity contribution in [3.05, 3.63) is 46.8 Å². The number of hydrogen-bond donors (Lipinski definition) is 0. The minimum absolute atomic E-state index is 0.111. The molecule has 15 heteroatoms. The van der Waals surface area contributed by atoms with Gasteiger partial charge in [-0.3, -0.25) is 19.2 Å². The number of Topliss-reactive ketones (excluding diaryl/α,β-unsaturated/α-hetero) is 1. The Morgan fingerprint density at radius 3 is 1.66 bits per heavy atom. The van der Waals surface area contributed by atoms with Crippen molar-refractivity contribution in [3.8, 4) is 0 Å². The van der Waals surface area contributed by atoms with Crippen LogP contribution in [0.15, 0.2) is 29.8 Å². The fourth-order valence-corrected chi connectivity index (χ4v) is 2.53. The van der Waals surface area contributed by atoms with Crippen LogP contribution in [-0.4, -0.2) is 55.2 Å². The molecule has 1 amide bonds. The van der Waals surface area contributed by atoms with Crippen LogP contribution in [0.3, 0.4) is 0 Å². The third-order valence-corrected chi connectivity index (χ3v) is 4.35. The van der Waals surface area contributed by atoms with Crippen LogP contribution < -0.4 is 0 Å². The van der Waals surface area contributed by atoms with E-state index in [0.29, 0.717) is 22.8 Å². The summed E-state index contributed by atoms with van der Waals surface area (Å²) in [7, 11) is 1.86. The molecule has 0 saturated carbocycles. The highest BCUT2D eigenvalue weighted by Crippen LogP contribution is 2.33. The Kier molecular flexibility index (Phi) is 14.0. The van der Waals surface area contributed by atoms with Crippen molar-refractivity contribution in [2.45, 2.75) is 65.0 Å². The Labute approximate surface area is 212 Å². The number of alkyl halides is 9. The van der Waals surface area contributed by atoms with Crippen molar-refractivity contribution in [1.29, 1.82) is 0 Å². The van der Waals surface area contributed by atoms with Crippen LogP contribution in [-0.2, 0) is 24.6 Å². The van der Waals surface area contributed by atoms with Crippen LogP contribution in [0.2, 0.25) is 0 Å². The van der Waals surface area contributed by atoms with E-state index in [1.54, 1.807) is 6.92 Å². The van der Waals surface area contributed by atoms with E-state index in [2.05, 4.69) is 4.84 Å². The minimum atomic E-state index is -4.86. The van der Waals surface area contributed by atoms with Crippen molar-refractivity contribution < 1.29 is 63.1 Å². The van der Waals surface area contributed by atoms with Crippen LogP contribution >= 0.6 is 0 Å². The summed E-state index contributed by atoms with van der Waals surface area (Å²) in [4.78, 5) is 35.2. The van der Waals surface area contributed by atoms with Gasteiger partial charge in [-0.15, -0.1) is 0 Å². The quantitative estimate of drug-likeness (QED) is 0.228. The average Bonchev–Trinajstić information content (AvgIpc) is 2.72. The molecule has 5 nitrogen and oxygen atoms in total. The van der Waals surface area contributed by atoms with E-state index < -0.39 is 53.7 Å². The highest BCUT2D eigenvalue weighted by atomic mass is 19.4. The van der Waals surface area contributed by atoms with E-state index in [9.17, 15) is 58.3 Å². The Morgan fingerprint density at radius 2 is 1.37 bits per heavy atom. The van der Waals surface area contributed by atoms with E-state index in [1.165, 1.54) is 45.9 Å². The molecule has 0 aliphatic heterocycles. The van der Waals surface area contributed by atoms with Crippen LogP contribution in [0.4, 0.5) is 43.9 Å². The predicted octanol–water partition coefficient (Wildman–Crippen LogP) is 6.59. The van der Waals surface area contributed by atoms with Crippen molar-refractivity contribution in [2.24, 2.45) is 0 Å². The zero-order valence-electron chi connectivity index (χ0n) is 21.4. The van der Waals surface area contributed by atoms with Crippen LogP contribution in [0.1, 0.15) is 45.2 Å². The normalized spacial score (nSPS) is 11.8. The number of amides is 1. The molecule has 0 fully saturated rings. The van der Waals surface area contributed by atoms with Gasteiger partial charge in [-0.25, -0.2) is 9.45 Å². The van der Waals surface area contributed by atoms with E-state index >= 15 is 0 Å². The number of hydroxylamine groups is 2. The summed E-state index contributed by atoms with van der Waals surface area (Å²) in [5, 5.41) is 0.111. The van der Waals surface area contributed by atoms with Crippen LogP contribution in [0, 0.1) is 12.7 Å². The number of benzene rings is 1. The lowest BCUT2D eigenvalue weighted by molar-refractivity contribution is -0.217. The lowest BCUT2D eigenvalue weighted by Gasteiger charge is -2.26. The molecular weight excluding hydrogens is 544 g/mol. The van der Waals surface area contributed by atoms with Gasteiger partial charge in [-0.2, -0.15) is 39.5 Å². The van der Waals surface area contributed by atoms with Crippen molar-refractivity contribution in [2.75, 3.05) is 14.2 Å². The SMILES string of the molecule is CC(C)=CC(=O)C(F)(F)F.CON(C)C(=O)C(F)(F)F.Cc1ccc(F)cc1C(C)(C)CC(=O)C(F)(F)F. The topological polar surface area (TPSA) is 63.7 Å². The second kappa shape index (κ2) is 14.3. The molecule has 0 aliphatic carbocycles. The number of carbonyl (C=O) groups excluding carboxylic acids is 3. The molecule has 218 valence electrons. The van der Waals surface area contributed by atoms with Gasteiger partial charge in [0.05, 0.1) is 7.11 Å². The molecule has 0 unspecified atom stereocenters. The maximum absolute atomic E-state index is 13.1. The zero-order valence-corrected chi connectivity index (χ0v) is 21.4. The number of carbonyl (C=O) groups is 3. The Balaban J connectivity index is 0. The number of rotatable bonds is 5. The molecule has 1 rings (SSSR count). The third kappa shape index (κ3) is 14.1. The first kappa shape index (κ1) is 37.2. The van der Waals surface area contributed by atoms with Gasteiger partial charge < -0.3 is 0 Å². The highest BCUT2D eigenvalue weighted by Gasteiger charge is 2.42. The van der Waals surface area contributed by atoms with Gasteiger partial charge in [0.25, 0.3) is 5.78 Å². The van der Waals surface area contributed by atoms with E-state index in [0.717, 1.165) is 14.2 Å². The lowest BCUT2D eigenvalue weighted by atomic mass is 9.78. The maximum atomic E-state index is 13.1. The molecular formula is C23H27F10NO4. The van der Waals surface area contributed by atoms with E-state index in [1.807, 2.05) is 0 Å². The van der Waals surface area contributed by atoms with Gasteiger partial charge in [-0.1, -0.05) is 25.5 Å². The third-order valence-electron chi connectivity index (χ3n) is 4.35. The van der Waals surface area contributed by atoms with E-state index in [4.69, 9.17) is 0 Å². The summed E-state index contributed by atoms with van der Waals surface area (Å²) in [6, 6.07) is 3.91. The summed E-state index contributed by atoms with van der Waals surface area (Å²) in [6.45, 7) is 7.54.